The van der Waals surface area contributed by atoms with Crippen molar-refractivity contribution in [3.63, 3.8) is 0 Å². The van der Waals surface area contributed by atoms with E-state index in [1.807, 2.05) is 18.2 Å². The molecular formula is C13H12N2O2. The molecule has 0 spiro atoms. The van der Waals surface area contributed by atoms with Crippen LogP contribution in [0.1, 0.15) is 41.8 Å². The zero-order chi connectivity index (χ0) is 11.9. The highest BCUT2D eigenvalue weighted by atomic mass is 16.5. The number of benzene rings is 1. The van der Waals surface area contributed by atoms with E-state index in [4.69, 9.17) is 4.52 Å². The molecule has 1 aromatic carbocycles. The largest absolute Gasteiger partial charge is 0.331 e. The van der Waals surface area contributed by atoms with Crippen molar-refractivity contribution >= 4 is 5.78 Å². The van der Waals surface area contributed by atoms with E-state index in [0.717, 1.165) is 12.8 Å². The molecule has 1 saturated carbocycles. The van der Waals surface area contributed by atoms with Gasteiger partial charge in [0.2, 0.25) is 5.78 Å². The van der Waals surface area contributed by atoms with Gasteiger partial charge in [-0.1, -0.05) is 35.5 Å². The summed E-state index contributed by atoms with van der Waals surface area (Å²) in [5.74, 6) is 0.545. The topological polar surface area (TPSA) is 56.0 Å². The molecule has 86 valence electrons. The molecule has 1 aliphatic carbocycles. The normalized spacial score (nSPS) is 16.8. The van der Waals surface area contributed by atoms with Gasteiger partial charge in [-0.2, -0.15) is 4.98 Å². The van der Waals surface area contributed by atoms with Gasteiger partial charge < -0.3 is 4.52 Å². The fourth-order valence-corrected chi connectivity index (χ4v) is 2.08. The van der Waals surface area contributed by atoms with Crippen LogP contribution >= 0.6 is 0 Å². The van der Waals surface area contributed by atoms with Gasteiger partial charge in [-0.3, -0.25) is 4.79 Å². The molecule has 1 aromatic heterocycles. The summed E-state index contributed by atoms with van der Waals surface area (Å²) < 4.78 is 4.96. The molecule has 2 aromatic rings. The van der Waals surface area contributed by atoms with E-state index in [1.165, 1.54) is 12.5 Å². The molecule has 0 unspecified atom stereocenters. The van der Waals surface area contributed by atoms with E-state index in [9.17, 15) is 4.79 Å². The minimum Gasteiger partial charge on any atom is -0.331 e. The highest BCUT2D eigenvalue weighted by molar-refractivity contribution is 5.89. The summed E-state index contributed by atoms with van der Waals surface area (Å²) in [6.45, 7) is 1.43. The fraction of sp³-hybridized carbons (Fsp3) is 0.308. The van der Waals surface area contributed by atoms with Gasteiger partial charge in [-0.25, -0.2) is 0 Å². The number of Topliss-reactive ketones (excluding diaryl/α,β-unsaturated/α-hetero) is 1. The van der Waals surface area contributed by atoms with Crippen molar-refractivity contribution in [2.45, 2.75) is 25.2 Å². The molecule has 1 fully saturated rings. The van der Waals surface area contributed by atoms with Gasteiger partial charge in [-0.05, 0) is 18.4 Å². The summed E-state index contributed by atoms with van der Waals surface area (Å²) in [4.78, 5) is 15.3. The van der Waals surface area contributed by atoms with E-state index in [1.54, 1.807) is 0 Å². The maximum atomic E-state index is 11.1. The molecule has 0 N–H and O–H groups in total. The average molecular weight is 228 g/mol. The van der Waals surface area contributed by atoms with Gasteiger partial charge in [-0.15, -0.1) is 0 Å². The van der Waals surface area contributed by atoms with Crippen LogP contribution in [-0.2, 0) is 5.41 Å². The number of hydrogen-bond acceptors (Lipinski definition) is 4. The van der Waals surface area contributed by atoms with E-state index in [-0.39, 0.29) is 17.1 Å². The Labute approximate surface area is 98.7 Å². The molecule has 3 rings (SSSR count). The molecule has 0 aliphatic heterocycles. The molecule has 0 atom stereocenters. The van der Waals surface area contributed by atoms with Crippen molar-refractivity contribution in [1.29, 1.82) is 0 Å². The minimum absolute atomic E-state index is 0.0993. The number of carbonyl (C=O) groups excluding carboxylic acids is 1. The van der Waals surface area contributed by atoms with E-state index >= 15 is 0 Å². The Morgan fingerprint density at radius 2 is 2.00 bits per heavy atom. The first-order valence-electron chi connectivity index (χ1n) is 5.63. The van der Waals surface area contributed by atoms with E-state index in [2.05, 4.69) is 22.3 Å². The molecule has 0 amide bonds. The van der Waals surface area contributed by atoms with Crippen LogP contribution in [0.4, 0.5) is 0 Å². The van der Waals surface area contributed by atoms with Crippen LogP contribution in [0, 0.1) is 0 Å². The number of ketones is 1. The monoisotopic (exact) mass is 228 g/mol. The van der Waals surface area contributed by atoms with E-state index in [0.29, 0.717) is 5.82 Å². The van der Waals surface area contributed by atoms with E-state index < -0.39 is 0 Å². The van der Waals surface area contributed by atoms with Gasteiger partial charge in [0.05, 0.1) is 5.41 Å². The quantitative estimate of drug-likeness (QED) is 0.757. The Bertz CT molecular complexity index is 556. The zero-order valence-electron chi connectivity index (χ0n) is 9.51. The number of aromatic nitrogens is 2. The van der Waals surface area contributed by atoms with Crippen molar-refractivity contribution in [1.82, 2.24) is 10.1 Å². The van der Waals surface area contributed by atoms with Gasteiger partial charge in [0.1, 0.15) is 0 Å². The summed E-state index contributed by atoms with van der Waals surface area (Å²) in [5.41, 5.74) is 1.06. The van der Waals surface area contributed by atoms with Crippen LogP contribution in [0.15, 0.2) is 34.9 Å². The van der Waals surface area contributed by atoms with Crippen molar-refractivity contribution < 1.29 is 9.32 Å². The number of nitrogens with zero attached hydrogens (tertiary/aromatic N) is 2. The second-order valence-electron chi connectivity index (χ2n) is 4.43. The molecule has 17 heavy (non-hydrogen) atoms. The van der Waals surface area contributed by atoms with Gasteiger partial charge >= 0.3 is 0 Å². The standard InChI is InChI=1S/C13H12N2O2/c1-9(16)11-14-12(15-17-11)13(7-8-13)10-5-3-2-4-6-10/h2-6H,7-8H2,1H3. The predicted molar refractivity (Wildman–Crippen MR) is 60.8 cm³/mol. The molecule has 1 heterocycles. The second-order valence-corrected chi connectivity index (χ2v) is 4.43. The van der Waals surface area contributed by atoms with Gasteiger partial charge in [0, 0.05) is 6.92 Å². The lowest BCUT2D eigenvalue weighted by Gasteiger charge is -2.09. The van der Waals surface area contributed by atoms with Crippen LogP contribution in [-0.4, -0.2) is 15.9 Å². The van der Waals surface area contributed by atoms with Crippen molar-refractivity contribution in [2.24, 2.45) is 0 Å². The maximum absolute atomic E-state index is 11.1. The lowest BCUT2D eigenvalue weighted by molar-refractivity contribution is 0.0972. The molecule has 0 radical (unpaired) electrons. The number of rotatable bonds is 3. The predicted octanol–water partition coefficient (Wildman–Crippen LogP) is 2.35. The van der Waals surface area contributed by atoms with Crippen LogP contribution < -0.4 is 0 Å². The van der Waals surface area contributed by atoms with Gasteiger partial charge in [0.15, 0.2) is 5.82 Å². The first kappa shape index (κ1) is 10.2. The van der Waals surface area contributed by atoms with Gasteiger partial charge in [0.25, 0.3) is 5.89 Å². The Morgan fingerprint density at radius 3 is 2.53 bits per heavy atom. The van der Waals surface area contributed by atoms with Crippen molar-refractivity contribution in [2.75, 3.05) is 0 Å². The molecule has 0 bridgehead atoms. The highest BCUT2D eigenvalue weighted by Gasteiger charge is 2.50. The van der Waals surface area contributed by atoms with Crippen LogP contribution in [0.5, 0.6) is 0 Å². The Hall–Kier alpha value is -1.97. The first-order valence-corrected chi connectivity index (χ1v) is 5.63. The molecule has 4 nitrogen and oxygen atoms in total. The summed E-state index contributed by atoms with van der Waals surface area (Å²) in [6, 6.07) is 10.1. The summed E-state index contributed by atoms with van der Waals surface area (Å²) >= 11 is 0. The van der Waals surface area contributed by atoms with Crippen molar-refractivity contribution in [3.05, 3.63) is 47.6 Å². The summed E-state index contributed by atoms with van der Waals surface area (Å²) in [7, 11) is 0. The molecule has 1 aliphatic rings. The maximum Gasteiger partial charge on any atom is 0.293 e. The molecule has 4 heteroatoms. The highest BCUT2D eigenvalue weighted by Crippen LogP contribution is 2.52. The first-order chi connectivity index (χ1) is 8.22. The van der Waals surface area contributed by atoms with Crippen LogP contribution in [0.25, 0.3) is 0 Å². The third-order valence-corrected chi connectivity index (χ3v) is 3.23. The molecule has 0 saturated heterocycles. The SMILES string of the molecule is CC(=O)c1nc(C2(c3ccccc3)CC2)no1. The number of hydrogen-bond donors (Lipinski definition) is 0. The fourth-order valence-electron chi connectivity index (χ4n) is 2.08. The zero-order valence-corrected chi connectivity index (χ0v) is 9.51. The van der Waals surface area contributed by atoms with Crippen LogP contribution in [0.2, 0.25) is 0 Å². The molecular weight excluding hydrogens is 216 g/mol. The van der Waals surface area contributed by atoms with Crippen LogP contribution in [0.3, 0.4) is 0 Å². The summed E-state index contributed by atoms with van der Waals surface area (Å²) in [5, 5.41) is 3.94. The lowest BCUT2D eigenvalue weighted by atomic mass is 9.95. The Kier molecular flexibility index (Phi) is 2.11. The second kappa shape index (κ2) is 3.52. The Balaban J connectivity index is 2.01. The van der Waals surface area contributed by atoms with Crippen molar-refractivity contribution in [3.8, 4) is 0 Å². The number of carbonyl (C=O) groups is 1. The lowest BCUT2D eigenvalue weighted by Crippen LogP contribution is -2.11. The third kappa shape index (κ3) is 1.56. The smallest absolute Gasteiger partial charge is 0.293 e. The average Bonchev–Trinajstić information content (AvgIpc) is 3.00. The third-order valence-electron chi connectivity index (χ3n) is 3.23. The minimum atomic E-state index is -0.187. The summed E-state index contributed by atoms with van der Waals surface area (Å²) in [6.07, 6.45) is 2.02. The Morgan fingerprint density at radius 1 is 1.29 bits per heavy atom.